The van der Waals surface area contributed by atoms with Gasteiger partial charge in [-0.15, -0.1) is 0 Å². The number of carbonyl (C=O) groups is 2. The molecule has 2 aromatic rings. The average Bonchev–Trinajstić information content (AvgIpc) is 3.45. The minimum Gasteiger partial charge on any atom is -0.493 e. The molecule has 1 aliphatic carbocycles. The topological polar surface area (TPSA) is 70.7 Å². The fourth-order valence-corrected chi connectivity index (χ4v) is 5.93. The number of hydrogen-bond donors (Lipinski definition) is 2. The zero-order chi connectivity index (χ0) is 27.5. The van der Waals surface area contributed by atoms with Crippen molar-refractivity contribution < 1.29 is 27.5 Å². The number of halogens is 3. The van der Waals surface area contributed by atoms with E-state index in [1.807, 2.05) is 41.3 Å². The van der Waals surface area contributed by atoms with Crippen LogP contribution in [0.3, 0.4) is 0 Å². The van der Waals surface area contributed by atoms with Crippen LogP contribution >= 0.6 is 0 Å². The molecule has 0 spiro atoms. The molecule has 210 valence electrons. The van der Waals surface area contributed by atoms with Gasteiger partial charge in [0, 0.05) is 12.1 Å². The number of carbonyl (C=O) groups excluding carboxylic acids is 2. The Kier molecular flexibility index (Phi) is 8.28. The van der Waals surface area contributed by atoms with E-state index in [9.17, 15) is 22.8 Å². The number of likely N-dealkylation sites (tertiary alicyclic amines) is 1. The first-order valence-electron chi connectivity index (χ1n) is 13.9. The first-order valence-corrected chi connectivity index (χ1v) is 13.9. The maximum atomic E-state index is 13.5. The lowest BCUT2D eigenvalue weighted by atomic mass is 9.67. The molecule has 2 aliphatic heterocycles. The van der Waals surface area contributed by atoms with E-state index in [1.54, 1.807) is 12.1 Å². The van der Waals surface area contributed by atoms with Crippen molar-refractivity contribution in [2.75, 3.05) is 32.8 Å². The largest absolute Gasteiger partial charge is 0.493 e. The molecule has 9 heteroatoms. The lowest BCUT2D eigenvalue weighted by Gasteiger charge is -2.47. The maximum absolute atomic E-state index is 13.5. The van der Waals surface area contributed by atoms with Crippen molar-refractivity contribution in [1.29, 1.82) is 0 Å². The van der Waals surface area contributed by atoms with Crippen LogP contribution in [0.15, 0.2) is 48.5 Å². The van der Waals surface area contributed by atoms with Crippen LogP contribution in [-0.2, 0) is 4.79 Å². The summed E-state index contributed by atoms with van der Waals surface area (Å²) in [6, 6.07) is 14.3. The number of nitrogens with one attached hydrogen (secondary N) is 2. The van der Waals surface area contributed by atoms with Crippen molar-refractivity contribution in [3.05, 3.63) is 54.1 Å². The molecular weight excluding hydrogens is 507 g/mol. The van der Waals surface area contributed by atoms with Crippen LogP contribution in [0.25, 0.3) is 11.1 Å². The molecular formula is C30H36F3N3O3. The molecule has 2 aromatic carbocycles. The first-order chi connectivity index (χ1) is 18.7. The van der Waals surface area contributed by atoms with Gasteiger partial charge in [0.15, 0.2) is 0 Å². The third-order valence-corrected chi connectivity index (χ3v) is 8.58. The van der Waals surface area contributed by atoms with Crippen molar-refractivity contribution in [2.24, 2.45) is 11.3 Å². The first kappa shape index (κ1) is 27.6. The van der Waals surface area contributed by atoms with E-state index < -0.39 is 17.5 Å². The fourth-order valence-electron chi connectivity index (χ4n) is 5.93. The van der Waals surface area contributed by atoms with Gasteiger partial charge in [-0.25, -0.2) is 0 Å². The second-order valence-corrected chi connectivity index (χ2v) is 11.2. The predicted molar refractivity (Wildman–Crippen MR) is 142 cm³/mol. The Balaban J connectivity index is 1.12. The second-order valence-electron chi connectivity index (χ2n) is 11.2. The molecule has 6 nitrogen and oxygen atoms in total. The predicted octanol–water partition coefficient (Wildman–Crippen LogP) is 5.19. The third-order valence-electron chi connectivity index (χ3n) is 8.58. The van der Waals surface area contributed by atoms with Crippen LogP contribution in [0.5, 0.6) is 5.75 Å². The van der Waals surface area contributed by atoms with Gasteiger partial charge in [0.25, 0.3) is 5.91 Å². The zero-order valence-electron chi connectivity index (χ0n) is 22.1. The molecule has 3 aliphatic rings. The van der Waals surface area contributed by atoms with E-state index in [4.69, 9.17) is 4.74 Å². The summed E-state index contributed by atoms with van der Waals surface area (Å²) in [5, 5.41) is 5.62. The van der Waals surface area contributed by atoms with Gasteiger partial charge >= 0.3 is 6.18 Å². The Hall–Kier alpha value is -2.91. The van der Waals surface area contributed by atoms with E-state index in [-0.39, 0.29) is 31.3 Å². The smallest absolute Gasteiger partial charge is 0.395 e. The number of piperidine rings is 1. The molecule has 2 heterocycles. The summed E-state index contributed by atoms with van der Waals surface area (Å²) in [5.74, 6) is 0.288. The van der Waals surface area contributed by atoms with Gasteiger partial charge in [0.05, 0.1) is 18.1 Å². The highest BCUT2D eigenvalue weighted by Gasteiger charge is 2.58. The van der Waals surface area contributed by atoms with Gasteiger partial charge < -0.3 is 15.0 Å². The highest BCUT2D eigenvalue weighted by Crippen LogP contribution is 2.53. The van der Waals surface area contributed by atoms with Gasteiger partial charge in [-0.2, -0.15) is 13.2 Å². The molecule has 0 bridgehead atoms. The number of amides is 2. The molecule has 3 fully saturated rings. The van der Waals surface area contributed by atoms with Gasteiger partial charge in [0.2, 0.25) is 5.91 Å². The minimum absolute atomic E-state index is 0.122. The number of nitrogens with zero attached hydrogens (tertiary/aromatic N) is 1. The second kappa shape index (κ2) is 11.7. The SMILES string of the molecule is O=C(NC(=O)[C@@H]1CCCN1)c1ccccc1-c1ccc(OCC2CCN(CC3(C(F)(F)F)CCC3)CC2)cc1. The Labute approximate surface area is 227 Å². The Bertz CT molecular complexity index is 1150. The number of hydrogen-bond acceptors (Lipinski definition) is 5. The van der Waals surface area contributed by atoms with E-state index in [2.05, 4.69) is 10.6 Å². The zero-order valence-corrected chi connectivity index (χ0v) is 22.1. The lowest BCUT2D eigenvalue weighted by molar-refractivity contribution is -0.256. The molecule has 0 unspecified atom stereocenters. The Morgan fingerprint density at radius 1 is 1.00 bits per heavy atom. The molecule has 2 amide bonds. The van der Waals surface area contributed by atoms with Crippen LogP contribution in [0.1, 0.15) is 55.3 Å². The highest BCUT2D eigenvalue weighted by molar-refractivity contribution is 6.09. The summed E-state index contributed by atoms with van der Waals surface area (Å²) in [6.45, 7) is 2.76. The van der Waals surface area contributed by atoms with Gasteiger partial charge in [-0.3, -0.25) is 14.9 Å². The van der Waals surface area contributed by atoms with Crippen molar-refractivity contribution in [2.45, 2.75) is 57.2 Å². The monoisotopic (exact) mass is 543 g/mol. The summed E-state index contributed by atoms with van der Waals surface area (Å²) < 4.78 is 46.6. The molecule has 0 aromatic heterocycles. The molecule has 5 rings (SSSR count). The molecule has 2 N–H and O–H groups in total. The van der Waals surface area contributed by atoms with Gasteiger partial charge in [-0.05, 0) is 93.4 Å². The highest BCUT2D eigenvalue weighted by atomic mass is 19.4. The van der Waals surface area contributed by atoms with Crippen LogP contribution < -0.4 is 15.4 Å². The quantitative estimate of drug-likeness (QED) is 0.449. The van der Waals surface area contributed by atoms with Crippen LogP contribution in [0, 0.1) is 11.3 Å². The van der Waals surface area contributed by atoms with Crippen molar-refractivity contribution >= 4 is 11.8 Å². The number of alkyl halides is 3. The maximum Gasteiger partial charge on any atom is 0.395 e. The number of rotatable bonds is 8. The van der Waals surface area contributed by atoms with Crippen LogP contribution in [-0.4, -0.2) is 61.7 Å². The minimum atomic E-state index is -4.12. The standard InChI is InChI=1S/C30H36F3N3O3/c31-30(32,33)29(14-4-15-29)20-36-17-12-21(13-18-36)19-39-23-10-8-22(9-11-23)24-5-1-2-6-25(24)27(37)35-28(38)26-7-3-16-34-26/h1-2,5-6,8-11,21,26,34H,3-4,7,12-20H2,(H,35,37,38)/t26-/m0/s1. The van der Waals surface area contributed by atoms with Crippen LogP contribution in [0.4, 0.5) is 13.2 Å². The van der Waals surface area contributed by atoms with Crippen LogP contribution in [0.2, 0.25) is 0 Å². The third kappa shape index (κ3) is 6.30. The summed E-state index contributed by atoms with van der Waals surface area (Å²) in [5.41, 5.74) is 0.491. The van der Waals surface area contributed by atoms with E-state index in [1.165, 1.54) is 0 Å². The summed E-state index contributed by atoms with van der Waals surface area (Å²) in [7, 11) is 0. The molecule has 39 heavy (non-hydrogen) atoms. The summed E-state index contributed by atoms with van der Waals surface area (Å²) in [6.07, 6.45) is 0.332. The number of ether oxygens (including phenoxy) is 1. The van der Waals surface area contributed by atoms with Gasteiger partial charge in [0.1, 0.15) is 5.75 Å². The molecule has 2 saturated heterocycles. The van der Waals surface area contributed by atoms with Crippen molar-refractivity contribution in [3.8, 4) is 16.9 Å². The average molecular weight is 544 g/mol. The number of imide groups is 1. The molecule has 0 radical (unpaired) electrons. The van der Waals surface area contributed by atoms with E-state index >= 15 is 0 Å². The lowest BCUT2D eigenvalue weighted by Crippen LogP contribution is -2.53. The van der Waals surface area contributed by atoms with Crippen molar-refractivity contribution in [3.63, 3.8) is 0 Å². The Morgan fingerprint density at radius 2 is 1.72 bits per heavy atom. The normalized spacial score (nSPS) is 21.8. The molecule has 1 atom stereocenters. The Morgan fingerprint density at radius 3 is 2.33 bits per heavy atom. The van der Waals surface area contributed by atoms with Crippen molar-refractivity contribution in [1.82, 2.24) is 15.5 Å². The summed E-state index contributed by atoms with van der Waals surface area (Å²) >= 11 is 0. The summed E-state index contributed by atoms with van der Waals surface area (Å²) in [4.78, 5) is 27.3. The fraction of sp³-hybridized carbons (Fsp3) is 0.533. The number of benzene rings is 2. The van der Waals surface area contributed by atoms with E-state index in [0.29, 0.717) is 43.3 Å². The molecule has 1 saturated carbocycles. The van der Waals surface area contributed by atoms with E-state index in [0.717, 1.165) is 43.4 Å². The van der Waals surface area contributed by atoms with Gasteiger partial charge in [-0.1, -0.05) is 36.8 Å².